The second-order valence-electron chi connectivity index (χ2n) is 8.03. The number of hydrogen-bond acceptors (Lipinski definition) is 7. The van der Waals surface area contributed by atoms with E-state index < -0.39 is 5.82 Å². The zero-order valence-corrected chi connectivity index (χ0v) is 16.1. The summed E-state index contributed by atoms with van der Waals surface area (Å²) >= 11 is 0. The number of H-pyrrole nitrogens is 1. The molecule has 1 aliphatic heterocycles. The molecule has 0 spiro atoms. The minimum Gasteiger partial charge on any atom is -0.462 e. The fourth-order valence-corrected chi connectivity index (χ4v) is 4.96. The molecular formula is C20H23FN6O2. The number of guanidine groups is 1. The molecule has 152 valence electrons. The van der Waals surface area contributed by atoms with E-state index >= 15 is 0 Å². The molecule has 3 fully saturated rings. The molecular weight excluding hydrogens is 375 g/mol. The number of halogens is 1. The fraction of sp³-hybridized carbons (Fsp3) is 0.500. The number of amidine groups is 1. The van der Waals surface area contributed by atoms with Crippen molar-refractivity contribution in [2.45, 2.75) is 50.9 Å². The van der Waals surface area contributed by atoms with E-state index in [4.69, 9.17) is 4.74 Å². The van der Waals surface area contributed by atoms with E-state index in [9.17, 15) is 9.18 Å². The smallest absolute Gasteiger partial charge is 0.293 e. The summed E-state index contributed by atoms with van der Waals surface area (Å²) in [5, 5.41) is 7.36. The molecule has 3 atom stereocenters. The minimum absolute atomic E-state index is 0.0209. The SMILES string of the molecule is CC1N=C(c2c[nH]c3ncc(F)cc23)N=C(N[C@H]2C3CCC(CC3)[C@@H]2OC=O)N1. The summed E-state index contributed by atoms with van der Waals surface area (Å²) in [7, 11) is 0. The molecule has 29 heavy (non-hydrogen) atoms. The average molecular weight is 398 g/mol. The van der Waals surface area contributed by atoms with Crippen molar-refractivity contribution in [1.29, 1.82) is 0 Å². The summed E-state index contributed by atoms with van der Waals surface area (Å²) < 4.78 is 19.2. The normalized spacial score (nSPS) is 31.0. The monoisotopic (exact) mass is 398 g/mol. The first-order chi connectivity index (χ1) is 14.1. The number of rotatable bonds is 4. The molecule has 3 N–H and O–H groups in total. The van der Waals surface area contributed by atoms with Crippen molar-refractivity contribution < 1.29 is 13.9 Å². The molecule has 3 aliphatic carbocycles. The second kappa shape index (κ2) is 7.13. The molecule has 0 aromatic carbocycles. The third-order valence-electron chi connectivity index (χ3n) is 6.28. The van der Waals surface area contributed by atoms with E-state index in [1.807, 2.05) is 6.92 Å². The Hall–Kier alpha value is -2.97. The van der Waals surface area contributed by atoms with Gasteiger partial charge in [0.05, 0.1) is 12.2 Å². The summed E-state index contributed by atoms with van der Waals surface area (Å²) in [6.45, 7) is 2.48. The van der Waals surface area contributed by atoms with Gasteiger partial charge in [0.25, 0.3) is 6.47 Å². The minimum atomic E-state index is -0.407. The highest BCUT2D eigenvalue weighted by Crippen LogP contribution is 2.42. The average Bonchev–Trinajstić information content (AvgIpc) is 3.13. The molecule has 0 amide bonds. The molecule has 0 radical (unpaired) electrons. The van der Waals surface area contributed by atoms with Gasteiger partial charge in [-0.2, -0.15) is 4.99 Å². The van der Waals surface area contributed by atoms with Crippen LogP contribution in [-0.4, -0.2) is 46.5 Å². The molecule has 1 unspecified atom stereocenters. The van der Waals surface area contributed by atoms with E-state index in [-0.39, 0.29) is 18.3 Å². The lowest BCUT2D eigenvalue weighted by Crippen LogP contribution is -2.60. The highest BCUT2D eigenvalue weighted by Gasteiger charge is 2.45. The number of nitrogens with one attached hydrogen (secondary N) is 3. The Balaban J connectivity index is 1.45. The topological polar surface area (TPSA) is 104 Å². The van der Waals surface area contributed by atoms with Gasteiger partial charge in [-0.15, -0.1) is 0 Å². The molecule has 2 aromatic rings. The van der Waals surface area contributed by atoms with Crippen molar-refractivity contribution in [3.05, 3.63) is 29.8 Å². The van der Waals surface area contributed by atoms with Gasteiger partial charge >= 0.3 is 0 Å². The molecule has 9 heteroatoms. The zero-order chi connectivity index (χ0) is 20.0. The first kappa shape index (κ1) is 18.1. The summed E-state index contributed by atoms with van der Waals surface area (Å²) in [5.74, 6) is 1.53. The Morgan fingerprint density at radius 1 is 1.28 bits per heavy atom. The molecule has 0 saturated heterocycles. The molecule has 8 nitrogen and oxygen atoms in total. The number of aromatic amines is 1. The van der Waals surface area contributed by atoms with Crippen molar-refractivity contribution in [2.24, 2.45) is 21.8 Å². The van der Waals surface area contributed by atoms with E-state index in [1.165, 1.54) is 12.3 Å². The van der Waals surface area contributed by atoms with Crippen molar-refractivity contribution in [1.82, 2.24) is 20.6 Å². The van der Waals surface area contributed by atoms with Crippen LogP contribution < -0.4 is 10.6 Å². The number of aromatic nitrogens is 2. The lowest BCUT2D eigenvalue weighted by atomic mass is 9.66. The Morgan fingerprint density at radius 2 is 2.07 bits per heavy atom. The number of ether oxygens (including phenoxy) is 1. The molecule has 3 saturated carbocycles. The number of carbonyl (C=O) groups is 1. The maximum Gasteiger partial charge on any atom is 0.293 e. The lowest BCUT2D eigenvalue weighted by molar-refractivity contribution is -0.144. The van der Waals surface area contributed by atoms with Crippen LogP contribution in [0, 0.1) is 17.7 Å². The van der Waals surface area contributed by atoms with Gasteiger partial charge in [0.15, 0.2) is 11.8 Å². The Bertz CT molecular complexity index is 994. The van der Waals surface area contributed by atoms with Crippen LogP contribution in [0.15, 0.2) is 28.4 Å². The van der Waals surface area contributed by atoms with Crippen LogP contribution in [0.1, 0.15) is 38.2 Å². The number of fused-ring (bicyclic) bond motifs is 4. The van der Waals surface area contributed by atoms with E-state index in [2.05, 4.69) is 30.6 Å². The first-order valence-electron chi connectivity index (χ1n) is 10.0. The summed E-state index contributed by atoms with van der Waals surface area (Å²) in [4.78, 5) is 27.4. The summed E-state index contributed by atoms with van der Waals surface area (Å²) in [5.41, 5.74) is 1.29. The maximum absolute atomic E-state index is 13.7. The van der Waals surface area contributed by atoms with Crippen LogP contribution in [0.4, 0.5) is 4.39 Å². The van der Waals surface area contributed by atoms with Gasteiger partial charge in [-0.05, 0) is 50.5 Å². The van der Waals surface area contributed by atoms with Crippen LogP contribution in [0.5, 0.6) is 0 Å². The fourth-order valence-electron chi connectivity index (χ4n) is 4.96. The van der Waals surface area contributed by atoms with Crippen molar-refractivity contribution >= 4 is 29.3 Å². The van der Waals surface area contributed by atoms with Crippen LogP contribution >= 0.6 is 0 Å². The lowest BCUT2D eigenvalue weighted by Gasteiger charge is -2.47. The highest BCUT2D eigenvalue weighted by atomic mass is 19.1. The molecule has 2 bridgehead atoms. The van der Waals surface area contributed by atoms with Gasteiger partial charge in [-0.3, -0.25) is 4.79 Å². The van der Waals surface area contributed by atoms with Gasteiger partial charge in [0.2, 0.25) is 0 Å². The predicted molar refractivity (Wildman–Crippen MR) is 106 cm³/mol. The maximum atomic E-state index is 13.7. The van der Waals surface area contributed by atoms with Gasteiger partial charge in [-0.25, -0.2) is 14.4 Å². The quantitative estimate of drug-likeness (QED) is 0.684. The van der Waals surface area contributed by atoms with Crippen LogP contribution in [0.3, 0.4) is 0 Å². The standard InChI is InChI=1S/C20H23FN6O2/c1-10-24-19(15-8-23-18-14(15)6-13(21)7-22-18)27-20(25-10)26-16-11-2-4-12(5-3-11)17(16)29-9-28/h6-12,16-17H,2-5H2,1H3,(H,22,23)(H2,24,25,26,27)/t10?,11?,12?,16-,17-/m0/s1. The Labute approximate surface area is 167 Å². The first-order valence-corrected chi connectivity index (χ1v) is 10.0. The van der Waals surface area contributed by atoms with Crippen molar-refractivity contribution in [2.75, 3.05) is 0 Å². The van der Waals surface area contributed by atoms with Crippen LogP contribution in [-0.2, 0) is 9.53 Å². The predicted octanol–water partition coefficient (Wildman–Crippen LogP) is 2.07. The number of aliphatic imine (C=N–C) groups is 2. The molecule has 6 rings (SSSR count). The van der Waals surface area contributed by atoms with Crippen molar-refractivity contribution in [3.8, 4) is 0 Å². The molecule has 4 aliphatic rings. The largest absolute Gasteiger partial charge is 0.462 e. The van der Waals surface area contributed by atoms with Gasteiger partial charge in [0, 0.05) is 17.1 Å². The third-order valence-corrected chi connectivity index (χ3v) is 6.28. The second-order valence-corrected chi connectivity index (χ2v) is 8.03. The summed E-state index contributed by atoms with van der Waals surface area (Å²) in [6, 6.07) is 1.45. The highest BCUT2D eigenvalue weighted by molar-refractivity contribution is 6.13. The number of pyridine rings is 1. The Morgan fingerprint density at radius 3 is 2.86 bits per heavy atom. The van der Waals surface area contributed by atoms with E-state index in [0.29, 0.717) is 46.7 Å². The number of nitrogens with zero attached hydrogens (tertiary/aromatic N) is 3. The van der Waals surface area contributed by atoms with Crippen LogP contribution in [0.2, 0.25) is 0 Å². The summed E-state index contributed by atoms with van der Waals surface area (Å²) in [6.07, 6.45) is 7.01. The van der Waals surface area contributed by atoms with Gasteiger partial charge < -0.3 is 20.4 Å². The third kappa shape index (κ3) is 3.24. The number of carbonyl (C=O) groups excluding carboxylic acids is 1. The molecule has 2 aromatic heterocycles. The van der Waals surface area contributed by atoms with E-state index in [1.54, 1.807) is 6.20 Å². The van der Waals surface area contributed by atoms with E-state index in [0.717, 1.165) is 25.7 Å². The molecule has 3 heterocycles. The Kier molecular flexibility index (Phi) is 4.44. The van der Waals surface area contributed by atoms with Crippen LogP contribution in [0.25, 0.3) is 11.0 Å². The number of hydrogen-bond donors (Lipinski definition) is 3. The van der Waals surface area contributed by atoms with Gasteiger partial charge in [-0.1, -0.05) is 0 Å². The van der Waals surface area contributed by atoms with Gasteiger partial charge in [0.1, 0.15) is 23.7 Å². The zero-order valence-electron chi connectivity index (χ0n) is 16.1. The van der Waals surface area contributed by atoms with Crippen molar-refractivity contribution in [3.63, 3.8) is 0 Å².